The van der Waals surface area contributed by atoms with Gasteiger partial charge in [-0.3, -0.25) is 4.90 Å². The minimum absolute atomic E-state index is 0.358. The number of aromatic nitrogens is 1. The molecule has 0 aliphatic carbocycles. The second kappa shape index (κ2) is 6.02. The molecule has 0 saturated carbocycles. The third-order valence-electron chi connectivity index (χ3n) is 2.93. The predicted octanol–water partition coefficient (Wildman–Crippen LogP) is 4.64. The summed E-state index contributed by atoms with van der Waals surface area (Å²) in [4.78, 5) is 7.65. The minimum atomic E-state index is 0.358. The Morgan fingerprint density at radius 2 is 2.22 bits per heavy atom. The van der Waals surface area contributed by atoms with Crippen molar-refractivity contribution in [3.63, 3.8) is 0 Å². The summed E-state index contributed by atoms with van der Waals surface area (Å²) in [5.74, 6) is 0. The SMILES string of the molecule is CC(c1cccs1)N(C)Cc1cnc(Cl)cc1Cl. The Labute approximate surface area is 121 Å². The van der Waals surface area contributed by atoms with Crippen LogP contribution in [0.25, 0.3) is 0 Å². The Morgan fingerprint density at radius 1 is 1.44 bits per heavy atom. The van der Waals surface area contributed by atoms with Crippen molar-refractivity contribution in [2.24, 2.45) is 0 Å². The monoisotopic (exact) mass is 300 g/mol. The Balaban J connectivity index is 2.09. The van der Waals surface area contributed by atoms with Crippen LogP contribution in [-0.4, -0.2) is 16.9 Å². The van der Waals surface area contributed by atoms with Crippen LogP contribution in [0.2, 0.25) is 10.2 Å². The number of nitrogens with zero attached hydrogens (tertiary/aromatic N) is 2. The van der Waals surface area contributed by atoms with Gasteiger partial charge in [0, 0.05) is 34.2 Å². The van der Waals surface area contributed by atoms with E-state index in [1.54, 1.807) is 23.6 Å². The van der Waals surface area contributed by atoms with Gasteiger partial charge in [0.2, 0.25) is 0 Å². The molecule has 2 aromatic rings. The first-order valence-electron chi connectivity index (χ1n) is 5.61. The summed E-state index contributed by atoms with van der Waals surface area (Å²) in [6.07, 6.45) is 1.74. The maximum absolute atomic E-state index is 6.15. The van der Waals surface area contributed by atoms with E-state index in [4.69, 9.17) is 23.2 Å². The first-order valence-corrected chi connectivity index (χ1v) is 7.25. The van der Waals surface area contributed by atoms with Gasteiger partial charge in [-0.05, 0) is 31.5 Å². The van der Waals surface area contributed by atoms with Crippen molar-refractivity contribution < 1.29 is 0 Å². The van der Waals surface area contributed by atoms with E-state index in [1.807, 2.05) is 0 Å². The van der Waals surface area contributed by atoms with Crippen molar-refractivity contribution in [3.05, 3.63) is 50.4 Å². The highest BCUT2D eigenvalue weighted by Gasteiger charge is 2.14. The summed E-state index contributed by atoms with van der Waals surface area (Å²) in [6.45, 7) is 2.94. The molecular formula is C13H14Cl2N2S. The van der Waals surface area contributed by atoms with Crippen LogP contribution in [0.5, 0.6) is 0 Å². The van der Waals surface area contributed by atoms with Crippen molar-refractivity contribution in [3.8, 4) is 0 Å². The van der Waals surface area contributed by atoms with E-state index < -0.39 is 0 Å². The molecule has 1 atom stereocenters. The van der Waals surface area contributed by atoms with Gasteiger partial charge in [-0.1, -0.05) is 29.3 Å². The molecule has 0 fully saturated rings. The zero-order chi connectivity index (χ0) is 13.1. The molecule has 0 aromatic carbocycles. The standard InChI is InChI=1S/C13H14Cl2N2S/c1-9(12-4-3-5-18-12)17(2)8-10-7-16-13(15)6-11(10)14/h3-7,9H,8H2,1-2H3. The van der Waals surface area contributed by atoms with Crippen molar-refractivity contribution in [1.29, 1.82) is 0 Å². The highest BCUT2D eigenvalue weighted by atomic mass is 35.5. The summed E-state index contributed by atoms with van der Waals surface area (Å²) >= 11 is 13.7. The van der Waals surface area contributed by atoms with Gasteiger partial charge in [0.15, 0.2) is 0 Å². The maximum Gasteiger partial charge on any atom is 0.130 e. The van der Waals surface area contributed by atoms with Gasteiger partial charge >= 0.3 is 0 Å². The van der Waals surface area contributed by atoms with Gasteiger partial charge in [0.05, 0.1) is 0 Å². The van der Waals surface area contributed by atoms with Crippen LogP contribution in [0.3, 0.4) is 0 Å². The summed E-state index contributed by atoms with van der Waals surface area (Å²) in [5.41, 5.74) is 0.993. The Bertz CT molecular complexity index is 514. The van der Waals surface area contributed by atoms with E-state index in [0.29, 0.717) is 16.2 Å². The number of thiophene rings is 1. The molecule has 0 N–H and O–H groups in total. The van der Waals surface area contributed by atoms with E-state index >= 15 is 0 Å². The van der Waals surface area contributed by atoms with E-state index in [0.717, 1.165) is 12.1 Å². The lowest BCUT2D eigenvalue weighted by molar-refractivity contribution is 0.256. The van der Waals surface area contributed by atoms with Crippen LogP contribution in [0.15, 0.2) is 29.8 Å². The first-order chi connectivity index (χ1) is 8.58. The molecule has 0 bridgehead atoms. The second-order valence-corrected chi connectivity index (χ2v) is 5.98. The molecule has 2 aromatic heterocycles. The van der Waals surface area contributed by atoms with Crippen molar-refractivity contribution in [1.82, 2.24) is 9.88 Å². The molecule has 0 amide bonds. The lowest BCUT2D eigenvalue weighted by atomic mass is 10.2. The van der Waals surface area contributed by atoms with Crippen molar-refractivity contribution >= 4 is 34.5 Å². The molecule has 0 aliphatic rings. The Hall–Kier alpha value is -0.610. The number of hydrogen-bond acceptors (Lipinski definition) is 3. The highest BCUT2D eigenvalue weighted by molar-refractivity contribution is 7.10. The zero-order valence-corrected chi connectivity index (χ0v) is 12.6. The van der Waals surface area contributed by atoms with Crippen LogP contribution in [0.1, 0.15) is 23.4 Å². The average molecular weight is 301 g/mol. The Morgan fingerprint density at radius 3 is 2.83 bits per heavy atom. The van der Waals surface area contributed by atoms with Gasteiger partial charge < -0.3 is 0 Å². The van der Waals surface area contributed by atoms with Gasteiger partial charge in [0.1, 0.15) is 5.15 Å². The summed E-state index contributed by atoms with van der Waals surface area (Å²) in [6, 6.07) is 6.26. The smallest absolute Gasteiger partial charge is 0.130 e. The van der Waals surface area contributed by atoms with Crippen LogP contribution in [0.4, 0.5) is 0 Å². The highest BCUT2D eigenvalue weighted by Crippen LogP contribution is 2.26. The molecule has 2 heterocycles. The molecule has 0 saturated heterocycles. The molecule has 0 spiro atoms. The number of rotatable bonds is 4. The first kappa shape index (κ1) is 13.8. The topological polar surface area (TPSA) is 16.1 Å². The Kier molecular flexibility index (Phi) is 4.62. The van der Waals surface area contributed by atoms with E-state index in [9.17, 15) is 0 Å². The maximum atomic E-state index is 6.15. The van der Waals surface area contributed by atoms with Crippen LogP contribution in [-0.2, 0) is 6.54 Å². The summed E-state index contributed by atoms with van der Waals surface area (Å²) < 4.78 is 0. The molecule has 0 aliphatic heterocycles. The van der Waals surface area contributed by atoms with Crippen LogP contribution in [0, 0.1) is 0 Å². The third-order valence-corrected chi connectivity index (χ3v) is 4.53. The fourth-order valence-electron chi connectivity index (χ4n) is 1.70. The van der Waals surface area contributed by atoms with Crippen molar-refractivity contribution in [2.75, 3.05) is 7.05 Å². The van der Waals surface area contributed by atoms with Gasteiger partial charge in [0.25, 0.3) is 0 Å². The molecule has 5 heteroatoms. The fraction of sp³-hybridized carbons (Fsp3) is 0.308. The largest absolute Gasteiger partial charge is 0.294 e. The third kappa shape index (κ3) is 3.23. The minimum Gasteiger partial charge on any atom is -0.294 e. The molecule has 1 unspecified atom stereocenters. The van der Waals surface area contributed by atoms with E-state index in [2.05, 4.69) is 41.4 Å². The fourth-order valence-corrected chi connectivity index (χ4v) is 2.98. The molecule has 0 radical (unpaired) electrons. The van der Waals surface area contributed by atoms with Crippen LogP contribution < -0.4 is 0 Å². The molecular weight excluding hydrogens is 287 g/mol. The number of hydrogen-bond donors (Lipinski definition) is 0. The number of pyridine rings is 1. The van der Waals surface area contributed by atoms with Crippen LogP contribution >= 0.6 is 34.5 Å². The molecule has 2 rings (SSSR count). The van der Waals surface area contributed by atoms with Gasteiger partial charge in [-0.25, -0.2) is 4.98 Å². The zero-order valence-electron chi connectivity index (χ0n) is 10.2. The summed E-state index contributed by atoms with van der Waals surface area (Å²) in [5, 5.41) is 3.19. The quantitative estimate of drug-likeness (QED) is 0.765. The molecule has 18 heavy (non-hydrogen) atoms. The lowest BCUT2D eigenvalue weighted by Gasteiger charge is -2.24. The van der Waals surface area contributed by atoms with E-state index in [1.165, 1.54) is 4.88 Å². The number of halogens is 2. The lowest BCUT2D eigenvalue weighted by Crippen LogP contribution is -2.21. The van der Waals surface area contributed by atoms with E-state index in [-0.39, 0.29) is 0 Å². The van der Waals surface area contributed by atoms with Crippen molar-refractivity contribution in [2.45, 2.75) is 19.5 Å². The predicted molar refractivity (Wildman–Crippen MR) is 78.5 cm³/mol. The summed E-state index contributed by atoms with van der Waals surface area (Å²) in [7, 11) is 2.08. The average Bonchev–Trinajstić information content (AvgIpc) is 2.85. The van der Waals surface area contributed by atoms with Gasteiger partial charge in [-0.15, -0.1) is 11.3 Å². The second-order valence-electron chi connectivity index (χ2n) is 4.20. The molecule has 96 valence electrons. The molecule has 2 nitrogen and oxygen atoms in total. The normalized spacial score (nSPS) is 12.9. The van der Waals surface area contributed by atoms with Gasteiger partial charge in [-0.2, -0.15) is 0 Å².